The lowest BCUT2D eigenvalue weighted by molar-refractivity contribution is 0.263. The fraction of sp³-hybridized carbons (Fsp3) is 0. The van der Waals surface area contributed by atoms with Crippen LogP contribution in [0.1, 0.15) is 0 Å². The van der Waals surface area contributed by atoms with Gasteiger partial charge in [0.15, 0.2) is 0 Å². The fourth-order valence-electron chi connectivity index (χ4n) is 0.368. The number of hydrogen-bond donors (Lipinski definition) is 2. The Morgan fingerprint density at radius 3 is 1.70 bits per heavy atom. The van der Waals surface area contributed by atoms with Crippen LogP contribution in [-0.2, 0) is 20.2 Å². The van der Waals surface area contributed by atoms with Gasteiger partial charge in [-0.25, -0.2) is 13.1 Å². The third-order valence-electron chi connectivity index (χ3n) is 0.681. The van der Waals surface area contributed by atoms with E-state index in [0.29, 0.717) is 0 Å². The van der Waals surface area contributed by atoms with Gasteiger partial charge in [-0.15, -0.1) is 0 Å². The molecule has 2 N–H and O–H groups in total. The van der Waals surface area contributed by atoms with Gasteiger partial charge in [0.1, 0.15) is 0 Å². The van der Waals surface area contributed by atoms with Crippen LogP contribution in [0.5, 0.6) is 0 Å². The number of nitrogens with one attached hydrogen (secondary N) is 2. The topological polar surface area (TPSA) is 109 Å². The number of sulfonamides is 1. The maximum atomic E-state index is 10.3. The Morgan fingerprint density at radius 2 is 1.60 bits per heavy atom. The first-order chi connectivity index (χ1) is 4.33. The summed E-state index contributed by atoms with van der Waals surface area (Å²) in [5.74, 6) is 0. The second-order valence-corrected chi connectivity index (χ2v) is 4.74. The summed E-state index contributed by atoms with van der Waals surface area (Å²) in [6, 6.07) is 0. The fourth-order valence-corrected chi connectivity index (χ4v) is 2.98. The molecule has 1 amide bonds. The van der Waals surface area contributed by atoms with Crippen LogP contribution >= 0.6 is 0 Å². The molecule has 58 valence electrons. The van der Waals surface area contributed by atoms with E-state index < -0.39 is 25.5 Å². The molecule has 0 saturated carbocycles. The lowest BCUT2D eigenvalue weighted by atomic mass is 11.5. The maximum absolute atomic E-state index is 10.3. The highest BCUT2D eigenvalue weighted by Crippen LogP contribution is 1.98. The van der Waals surface area contributed by atoms with E-state index in [1.54, 1.807) is 0 Å². The molecule has 1 rings (SSSR count). The summed E-state index contributed by atoms with van der Waals surface area (Å²) in [6.45, 7) is 0. The van der Waals surface area contributed by atoms with E-state index in [9.17, 15) is 21.6 Å². The zero-order valence-electron chi connectivity index (χ0n) is 4.36. The summed E-state index contributed by atoms with van der Waals surface area (Å²) >= 11 is 0. The zero-order valence-corrected chi connectivity index (χ0v) is 5.99. The summed E-state index contributed by atoms with van der Waals surface area (Å²) in [6.07, 6.45) is 0. The molecule has 9 heteroatoms. The van der Waals surface area contributed by atoms with Gasteiger partial charge in [-0.1, -0.05) is 4.13 Å². The molecule has 0 aliphatic carbocycles. The van der Waals surface area contributed by atoms with Gasteiger partial charge < -0.3 is 0 Å². The molecule has 0 radical (unpaired) electrons. The molecule has 1 aliphatic heterocycles. The van der Waals surface area contributed by atoms with E-state index >= 15 is 0 Å². The van der Waals surface area contributed by atoms with Crippen molar-refractivity contribution in [3.8, 4) is 0 Å². The van der Waals surface area contributed by atoms with Gasteiger partial charge in [0.25, 0.3) is 0 Å². The van der Waals surface area contributed by atoms with Crippen molar-refractivity contribution in [3.63, 3.8) is 0 Å². The van der Waals surface area contributed by atoms with Crippen molar-refractivity contribution in [1.29, 1.82) is 0 Å². The van der Waals surface area contributed by atoms with Crippen molar-refractivity contribution in [3.05, 3.63) is 0 Å². The largest absolute Gasteiger partial charge is 0.367 e. The third-order valence-corrected chi connectivity index (χ3v) is 3.61. The number of rotatable bonds is 0. The van der Waals surface area contributed by atoms with Crippen LogP contribution in [0.15, 0.2) is 0 Å². The number of carbonyl (C=O) groups excluding carboxylic acids is 1. The Kier molecular flexibility index (Phi) is 1.25. The minimum Gasteiger partial charge on any atom is -0.254 e. The number of amides is 1. The molecular weight excluding hydrogens is 184 g/mol. The Hall–Kier alpha value is -0.670. The molecule has 0 aromatic heterocycles. The quantitative estimate of drug-likeness (QED) is 0.449. The molecule has 1 fully saturated rings. The van der Waals surface area contributed by atoms with Crippen molar-refractivity contribution >= 4 is 25.5 Å². The van der Waals surface area contributed by atoms with E-state index in [4.69, 9.17) is 0 Å². The van der Waals surface area contributed by atoms with Crippen molar-refractivity contribution in [2.45, 2.75) is 0 Å². The van der Waals surface area contributed by atoms with Crippen LogP contribution in [0.3, 0.4) is 0 Å². The molecule has 10 heavy (non-hydrogen) atoms. The molecule has 0 bridgehead atoms. The molecule has 0 atom stereocenters. The van der Waals surface area contributed by atoms with Crippen LogP contribution in [0.2, 0.25) is 0 Å². The summed E-state index contributed by atoms with van der Waals surface area (Å²) in [5, 5.41) is -1.55. The highest BCUT2D eigenvalue weighted by atomic mass is 32.3. The van der Waals surface area contributed by atoms with Crippen LogP contribution in [0.4, 0.5) is 4.79 Å². The molecule has 1 aliphatic rings. The first-order valence-electron chi connectivity index (χ1n) is 1.94. The SMILES string of the molecule is O=C1NS(=O)(=O)NS1(=O)=O. The monoisotopic (exact) mass is 186 g/mol. The molecule has 0 unspecified atom stereocenters. The normalized spacial score (nSPS) is 27.8. The second-order valence-electron chi connectivity index (χ2n) is 1.48. The maximum Gasteiger partial charge on any atom is 0.367 e. The van der Waals surface area contributed by atoms with Gasteiger partial charge in [-0.2, -0.15) is 8.42 Å². The first kappa shape index (κ1) is 7.44. The standard InChI is InChI=1S/CH2N2O5S2/c4-1-2-10(7,8)3-9(1,5)6/h3H,(H,2,4). The number of carbonyl (C=O) groups is 1. The van der Waals surface area contributed by atoms with E-state index in [1.165, 1.54) is 4.72 Å². The third kappa shape index (κ3) is 1.10. The van der Waals surface area contributed by atoms with Crippen LogP contribution in [0.25, 0.3) is 0 Å². The van der Waals surface area contributed by atoms with Crippen molar-refractivity contribution in [2.75, 3.05) is 0 Å². The summed E-state index contributed by atoms with van der Waals surface area (Å²) in [4.78, 5) is 10.2. The van der Waals surface area contributed by atoms with Crippen LogP contribution in [-0.4, -0.2) is 22.1 Å². The molecule has 1 saturated heterocycles. The molecule has 0 aromatic rings. The highest BCUT2D eigenvalue weighted by molar-refractivity contribution is 8.17. The molecular formula is CH2N2O5S2. The first-order valence-corrected chi connectivity index (χ1v) is 4.90. The van der Waals surface area contributed by atoms with E-state index in [1.807, 2.05) is 0 Å². The Labute approximate surface area is 56.7 Å². The van der Waals surface area contributed by atoms with Gasteiger partial charge in [0.2, 0.25) is 0 Å². The Balaban J connectivity index is 3.29. The van der Waals surface area contributed by atoms with Gasteiger partial charge in [-0.3, -0.25) is 4.79 Å². The van der Waals surface area contributed by atoms with Gasteiger partial charge in [-0.05, 0) is 0 Å². The molecule has 0 aromatic carbocycles. The Morgan fingerprint density at radius 1 is 1.10 bits per heavy atom. The van der Waals surface area contributed by atoms with Crippen molar-refractivity contribution < 1.29 is 21.6 Å². The van der Waals surface area contributed by atoms with Gasteiger partial charge >= 0.3 is 25.5 Å². The molecule has 1 heterocycles. The predicted molar refractivity (Wildman–Crippen MR) is 29.5 cm³/mol. The van der Waals surface area contributed by atoms with Crippen molar-refractivity contribution in [1.82, 2.24) is 8.85 Å². The van der Waals surface area contributed by atoms with Crippen LogP contribution in [0, 0.1) is 0 Å². The summed E-state index contributed by atoms with van der Waals surface area (Å²) in [5.41, 5.74) is 0. The average molecular weight is 186 g/mol. The highest BCUT2D eigenvalue weighted by Gasteiger charge is 2.38. The second kappa shape index (κ2) is 1.68. The van der Waals surface area contributed by atoms with Gasteiger partial charge in [0, 0.05) is 0 Å². The lowest BCUT2D eigenvalue weighted by Gasteiger charge is -1.83. The van der Waals surface area contributed by atoms with E-state index in [2.05, 4.69) is 0 Å². The lowest BCUT2D eigenvalue weighted by Crippen LogP contribution is -2.24. The van der Waals surface area contributed by atoms with E-state index in [0.717, 1.165) is 4.13 Å². The van der Waals surface area contributed by atoms with E-state index in [-0.39, 0.29) is 0 Å². The van der Waals surface area contributed by atoms with Crippen LogP contribution < -0.4 is 8.85 Å². The predicted octanol–water partition coefficient (Wildman–Crippen LogP) is -2.13. The average Bonchev–Trinajstić information content (AvgIpc) is 1.73. The minimum atomic E-state index is -4.32. The zero-order chi connectivity index (χ0) is 7.99. The smallest absolute Gasteiger partial charge is 0.254 e. The minimum absolute atomic E-state index is 1.10. The molecule has 7 nitrogen and oxygen atoms in total. The molecule has 0 spiro atoms. The Bertz CT molecular complexity index is 360. The van der Waals surface area contributed by atoms with Crippen molar-refractivity contribution in [2.24, 2.45) is 0 Å². The summed E-state index contributed by atoms with van der Waals surface area (Å²) < 4.78 is 43.3. The number of hydrogen-bond acceptors (Lipinski definition) is 5. The summed E-state index contributed by atoms with van der Waals surface area (Å²) in [7, 11) is -8.46. The van der Waals surface area contributed by atoms with Gasteiger partial charge in [0.05, 0.1) is 0 Å².